The largest absolute Gasteiger partial charge is 0.481 e. The molecule has 5 nitrogen and oxygen atoms in total. The third-order valence-corrected chi connectivity index (χ3v) is 1.97. The van der Waals surface area contributed by atoms with Crippen LogP contribution in [-0.4, -0.2) is 27.7 Å². The van der Waals surface area contributed by atoms with Crippen molar-refractivity contribution in [1.82, 2.24) is 0 Å². The lowest BCUT2D eigenvalue weighted by atomic mass is 10.2. The zero-order valence-electron chi connectivity index (χ0n) is 5.78. The van der Waals surface area contributed by atoms with Gasteiger partial charge < -0.3 is 15.9 Å². The van der Waals surface area contributed by atoms with Crippen molar-refractivity contribution in [3.63, 3.8) is 0 Å². The van der Waals surface area contributed by atoms with Gasteiger partial charge in [0, 0.05) is 5.92 Å². The molecule has 0 amide bonds. The molecule has 4 N–H and O–H groups in total. The van der Waals surface area contributed by atoms with Crippen LogP contribution in [0.5, 0.6) is 0 Å². The molecular weight excluding hydrogens is 150 g/mol. The summed E-state index contributed by atoms with van der Waals surface area (Å²) >= 11 is 0. The van der Waals surface area contributed by atoms with E-state index in [-0.39, 0.29) is 12.8 Å². The van der Waals surface area contributed by atoms with E-state index in [0.29, 0.717) is 0 Å². The van der Waals surface area contributed by atoms with Crippen LogP contribution < -0.4 is 5.73 Å². The Morgan fingerprint density at radius 1 is 1.55 bits per heavy atom. The number of nitrogens with two attached hydrogens (primary N) is 1. The number of hydrogen-bond donors (Lipinski definition) is 3. The molecule has 0 saturated heterocycles. The van der Waals surface area contributed by atoms with Crippen molar-refractivity contribution < 1.29 is 19.8 Å². The number of rotatable bonds is 3. The minimum atomic E-state index is -1.27. The fourth-order valence-electron chi connectivity index (χ4n) is 1.08. The molecule has 0 aliphatic heterocycles. The van der Waals surface area contributed by atoms with Crippen LogP contribution in [0.1, 0.15) is 12.8 Å². The van der Waals surface area contributed by atoms with Gasteiger partial charge in [-0.05, 0) is 6.42 Å². The average molecular weight is 159 g/mol. The molecule has 11 heavy (non-hydrogen) atoms. The van der Waals surface area contributed by atoms with E-state index in [1.807, 2.05) is 0 Å². The van der Waals surface area contributed by atoms with E-state index < -0.39 is 23.4 Å². The molecule has 0 heterocycles. The topological polar surface area (TPSA) is 101 Å². The standard InChI is InChI=1S/C6H9NO4/c7-6(5(10)11)2-3(6)1-4(8)9/h3H,1-2,7H2,(H,8,9)(H,10,11)/t3?,6-/m0/s1. The van der Waals surface area contributed by atoms with Crippen molar-refractivity contribution >= 4 is 11.9 Å². The van der Waals surface area contributed by atoms with E-state index in [9.17, 15) is 9.59 Å². The highest BCUT2D eigenvalue weighted by molar-refractivity contribution is 5.84. The smallest absolute Gasteiger partial charge is 0.323 e. The van der Waals surface area contributed by atoms with Crippen molar-refractivity contribution in [1.29, 1.82) is 0 Å². The van der Waals surface area contributed by atoms with Crippen LogP contribution in [0.4, 0.5) is 0 Å². The second-order valence-corrected chi connectivity index (χ2v) is 2.84. The summed E-state index contributed by atoms with van der Waals surface area (Å²) in [6, 6.07) is 0. The summed E-state index contributed by atoms with van der Waals surface area (Å²) in [6.45, 7) is 0. The van der Waals surface area contributed by atoms with Crippen LogP contribution >= 0.6 is 0 Å². The molecule has 0 aromatic heterocycles. The van der Waals surface area contributed by atoms with Crippen molar-refractivity contribution in [2.45, 2.75) is 18.4 Å². The third kappa shape index (κ3) is 1.32. The lowest BCUT2D eigenvalue weighted by Gasteiger charge is -2.01. The number of carboxylic acid groups (broad SMARTS) is 2. The van der Waals surface area contributed by atoms with Gasteiger partial charge >= 0.3 is 11.9 Å². The van der Waals surface area contributed by atoms with Gasteiger partial charge in [0.1, 0.15) is 5.54 Å². The first kappa shape index (κ1) is 8.00. The number of hydrogen-bond acceptors (Lipinski definition) is 3. The molecule has 0 aromatic rings. The summed E-state index contributed by atoms with van der Waals surface area (Å²) in [5.74, 6) is -2.50. The van der Waals surface area contributed by atoms with Gasteiger partial charge in [-0.3, -0.25) is 9.59 Å². The summed E-state index contributed by atoms with van der Waals surface area (Å²) in [4.78, 5) is 20.5. The van der Waals surface area contributed by atoms with Gasteiger partial charge in [0.2, 0.25) is 0 Å². The quantitative estimate of drug-likeness (QED) is 0.503. The highest BCUT2D eigenvalue weighted by atomic mass is 16.4. The van der Waals surface area contributed by atoms with Gasteiger partial charge in [0.15, 0.2) is 0 Å². The Kier molecular flexibility index (Phi) is 1.60. The summed E-state index contributed by atoms with van der Waals surface area (Å²) in [7, 11) is 0. The fraction of sp³-hybridized carbons (Fsp3) is 0.667. The van der Waals surface area contributed by atoms with Crippen molar-refractivity contribution in [2.24, 2.45) is 11.7 Å². The van der Waals surface area contributed by atoms with Crippen LogP contribution in [0.3, 0.4) is 0 Å². The Morgan fingerprint density at radius 3 is 2.36 bits per heavy atom. The molecule has 0 spiro atoms. The van der Waals surface area contributed by atoms with Crippen LogP contribution in [-0.2, 0) is 9.59 Å². The minimum Gasteiger partial charge on any atom is -0.481 e. The van der Waals surface area contributed by atoms with Gasteiger partial charge in [-0.1, -0.05) is 0 Å². The molecule has 5 heteroatoms. The zero-order valence-corrected chi connectivity index (χ0v) is 5.78. The Bertz CT molecular complexity index is 215. The lowest BCUT2D eigenvalue weighted by Crippen LogP contribution is -2.35. The molecular formula is C6H9NO4. The Balaban J connectivity index is 2.47. The van der Waals surface area contributed by atoms with E-state index in [1.54, 1.807) is 0 Å². The predicted molar refractivity (Wildman–Crippen MR) is 34.9 cm³/mol. The number of carboxylic acids is 2. The molecule has 2 atom stereocenters. The van der Waals surface area contributed by atoms with Crippen LogP contribution in [0.2, 0.25) is 0 Å². The summed E-state index contributed by atoms with van der Waals surface area (Å²) in [5, 5.41) is 16.8. The van der Waals surface area contributed by atoms with E-state index >= 15 is 0 Å². The van der Waals surface area contributed by atoms with Gasteiger partial charge in [0.05, 0.1) is 6.42 Å². The van der Waals surface area contributed by atoms with Gasteiger partial charge in [0.25, 0.3) is 0 Å². The summed E-state index contributed by atoms with van der Waals surface area (Å²) in [6.07, 6.45) is 0.122. The lowest BCUT2D eigenvalue weighted by molar-refractivity contribution is -0.140. The Morgan fingerprint density at radius 2 is 2.09 bits per heavy atom. The molecule has 1 aliphatic rings. The van der Waals surface area contributed by atoms with E-state index in [0.717, 1.165) is 0 Å². The Labute approximate surface area is 62.8 Å². The van der Waals surface area contributed by atoms with Crippen molar-refractivity contribution in [3.05, 3.63) is 0 Å². The molecule has 0 bridgehead atoms. The summed E-state index contributed by atoms with van der Waals surface area (Å²) in [5.41, 5.74) is 4.05. The molecule has 1 saturated carbocycles. The first-order chi connectivity index (χ1) is 4.97. The monoisotopic (exact) mass is 159 g/mol. The molecule has 1 aliphatic carbocycles. The maximum atomic E-state index is 10.4. The molecule has 62 valence electrons. The molecule has 0 radical (unpaired) electrons. The highest BCUT2D eigenvalue weighted by Crippen LogP contribution is 2.43. The first-order valence-electron chi connectivity index (χ1n) is 3.21. The normalized spacial score (nSPS) is 34.8. The predicted octanol–water partition coefficient (Wildman–Crippen LogP) is -0.737. The minimum absolute atomic E-state index is 0.150. The van der Waals surface area contributed by atoms with E-state index in [1.165, 1.54) is 0 Å². The zero-order chi connectivity index (χ0) is 8.65. The third-order valence-electron chi connectivity index (χ3n) is 1.97. The van der Waals surface area contributed by atoms with Crippen LogP contribution in [0.15, 0.2) is 0 Å². The molecule has 0 aromatic carbocycles. The van der Waals surface area contributed by atoms with Crippen LogP contribution in [0.25, 0.3) is 0 Å². The molecule has 1 fully saturated rings. The van der Waals surface area contributed by atoms with Gasteiger partial charge in [-0.15, -0.1) is 0 Å². The molecule has 1 unspecified atom stereocenters. The SMILES string of the molecule is N[C@@]1(C(=O)O)CC1CC(=O)O. The molecule has 1 rings (SSSR count). The van der Waals surface area contributed by atoms with Crippen molar-refractivity contribution in [3.8, 4) is 0 Å². The first-order valence-corrected chi connectivity index (χ1v) is 3.21. The van der Waals surface area contributed by atoms with Gasteiger partial charge in [-0.25, -0.2) is 0 Å². The fourth-order valence-corrected chi connectivity index (χ4v) is 1.08. The second-order valence-electron chi connectivity index (χ2n) is 2.84. The van der Waals surface area contributed by atoms with Crippen LogP contribution in [0, 0.1) is 5.92 Å². The average Bonchev–Trinajstić information content (AvgIpc) is 2.42. The summed E-state index contributed by atoms with van der Waals surface area (Å²) < 4.78 is 0. The van der Waals surface area contributed by atoms with E-state index in [2.05, 4.69) is 0 Å². The van der Waals surface area contributed by atoms with Gasteiger partial charge in [-0.2, -0.15) is 0 Å². The maximum absolute atomic E-state index is 10.4. The number of carbonyl (C=O) groups is 2. The maximum Gasteiger partial charge on any atom is 0.323 e. The van der Waals surface area contributed by atoms with E-state index in [4.69, 9.17) is 15.9 Å². The Hall–Kier alpha value is -1.10. The highest BCUT2D eigenvalue weighted by Gasteiger charge is 2.58. The van der Waals surface area contributed by atoms with Crippen molar-refractivity contribution in [2.75, 3.05) is 0 Å². The number of aliphatic carboxylic acids is 2. The second kappa shape index (κ2) is 2.20.